The second kappa shape index (κ2) is 4.06. The van der Waals surface area contributed by atoms with Crippen LogP contribution in [0.5, 0.6) is 0 Å². The van der Waals surface area contributed by atoms with Crippen LogP contribution in [0.1, 0.15) is 37.7 Å². The Balaban J connectivity index is 2.11. The van der Waals surface area contributed by atoms with Crippen LogP contribution in [-0.2, 0) is 13.5 Å². The van der Waals surface area contributed by atoms with E-state index in [-0.39, 0.29) is 5.41 Å². The summed E-state index contributed by atoms with van der Waals surface area (Å²) in [6.07, 6.45) is 10.6. The summed E-state index contributed by atoms with van der Waals surface area (Å²) in [6.45, 7) is 0. The highest BCUT2D eigenvalue weighted by Gasteiger charge is 2.32. The molecule has 1 saturated carbocycles. The Morgan fingerprint density at radius 1 is 1.47 bits per heavy atom. The van der Waals surface area contributed by atoms with Crippen LogP contribution in [0.25, 0.3) is 0 Å². The summed E-state index contributed by atoms with van der Waals surface area (Å²) < 4.78 is 1.81. The zero-order chi connectivity index (χ0) is 10.7. The lowest BCUT2D eigenvalue weighted by Crippen LogP contribution is -2.24. The van der Waals surface area contributed by atoms with Crippen molar-refractivity contribution in [1.29, 1.82) is 5.26 Å². The van der Waals surface area contributed by atoms with Crippen molar-refractivity contribution in [3.8, 4) is 6.07 Å². The van der Waals surface area contributed by atoms with E-state index in [1.54, 1.807) is 0 Å². The third-order valence-corrected chi connectivity index (χ3v) is 3.35. The molecule has 1 aromatic heterocycles. The van der Waals surface area contributed by atoms with Crippen molar-refractivity contribution in [2.75, 3.05) is 0 Å². The molecule has 1 aliphatic carbocycles. The van der Waals surface area contributed by atoms with Gasteiger partial charge in [0, 0.05) is 13.2 Å². The van der Waals surface area contributed by atoms with Gasteiger partial charge in [0.2, 0.25) is 0 Å². The van der Waals surface area contributed by atoms with Crippen molar-refractivity contribution >= 4 is 0 Å². The minimum Gasteiger partial charge on any atom is -0.276 e. The molecule has 0 aromatic carbocycles. The second-order valence-corrected chi connectivity index (χ2v) is 4.65. The third kappa shape index (κ3) is 2.20. The molecular formula is C12H17N3. The lowest BCUT2D eigenvalue weighted by atomic mass is 9.72. The fraction of sp³-hybridized carbons (Fsp3) is 0.667. The molecule has 1 aromatic rings. The highest BCUT2D eigenvalue weighted by atomic mass is 15.2. The Labute approximate surface area is 90.7 Å². The summed E-state index contributed by atoms with van der Waals surface area (Å²) in [5.41, 5.74) is 1.09. The Bertz CT molecular complexity index is 366. The predicted octanol–water partition coefficient (Wildman–Crippen LogP) is 2.44. The van der Waals surface area contributed by atoms with Gasteiger partial charge in [-0.25, -0.2) is 0 Å². The Hall–Kier alpha value is -1.30. The first-order chi connectivity index (χ1) is 7.24. The van der Waals surface area contributed by atoms with Crippen LogP contribution in [0.2, 0.25) is 0 Å². The van der Waals surface area contributed by atoms with Gasteiger partial charge in [-0.15, -0.1) is 0 Å². The quantitative estimate of drug-likeness (QED) is 0.740. The molecule has 3 heteroatoms. The zero-order valence-corrected chi connectivity index (χ0v) is 9.24. The zero-order valence-electron chi connectivity index (χ0n) is 9.24. The highest BCUT2D eigenvalue weighted by Crippen LogP contribution is 2.38. The van der Waals surface area contributed by atoms with Gasteiger partial charge < -0.3 is 0 Å². The van der Waals surface area contributed by atoms with Crippen molar-refractivity contribution in [1.82, 2.24) is 9.78 Å². The summed E-state index contributed by atoms with van der Waals surface area (Å²) in [7, 11) is 1.92. The van der Waals surface area contributed by atoms with E-state index < -0.39 is 0 Å². The molecule has 2 rings (SSSR count). The molecule has 3 nitrogen and oxygen atoms in total. The average molecular weight is 203 g/mol. The normalized spacial score (nSPS) is 19.7. The van der Waals surface area contributed by atoms with Crippen LogP contribution in [0.15, 0.2) is 12.4 Å². The van der Waals surface area contributed by atoms with Crippen molar-refractivity contribution < 1.29 is 0 Å². The van der Waals surface area contributed by atoms with E-state index in [0.29, 0.717) is 0 Å². The minimum absolute atomic E-state index is 0.110. The molecule has 0 atom stereocenters. The maximum absolute atomic E-state index is 9.33. The molecule has 0 spiro atoms. The van der Waals surface area contributed by atoms with Gasteiger partial charge in [-0.3, -0.25) is 4.68 Å². The van der Waals surface area contributed by atoms with E-state index in [9.17, 15) is 5.26 Å². The van der Waals surface area contributed by atoms with Crippen molar-refractivity contribution in [2.45, 2.75) is 38.5 Å². The third-order valence-electron chi connectivity index (χ3n) is 3.35. The van der Waals surface area contributed by atoms with Gasteiger partial charge in [-0.1, -0.05) is 19.3 Å². The number of rotatable bonds is 2. The molecule has 0 unspecified atom stereocenters. The van der Waals surface area contributed by atoms with Crippen LogP contribution in [0.4, 0.5) is 0 Å². The van der Waals surface area contributed by atoms with Crippen LogP contribution in [-0.4, -0.2) is 9.78 Å². The minimum atomic E-state index is -0.110. The van der Waals surface area contributed by atoms with E-state index in [2.05, 4.69) is 11.2 Å². The molecule has 0 bridgehead atoms. The van der Waals surface area contributed by atoms with E-state index in [0.717, 1.165) is 19.3 Å². The lowest BCUT2D eigenvalue weighted by molar-refractivity contribution is 0.266. The molecule has 0 radical (unpaired) electrons. The Morgan fingerprint density at radius 2 is 2.20 bits per heavy atom. The smallest absolute Gasteiger partial charge is 0.0693 e. The van der Waals surface area contributed by atoms with Gasteiger partial charge in [-0.05, 0) is 24.8 Å². The topological polar surface area (TPSA) is 41.6 Å². The van der Waals surface area contributed by atoms with Crippen molar-refractivity contribution in [2.24, 2.45) is 12.5 Å². The van der Waals surface area contributed by atoms with Gasteiger partial charge >= 0.3 is 0 Å². The first-order valence-electron chi connectivity index (χ1n) is 5.63. The molecule has 0 amide bonds. The van der Waals surface area contributed by atoms with Crippen molar-refractivity contribution in [3.05, 3.63) is 18.0 Å². The number of hydrogen-bond acceptors (Lipinski definition) is 2. The molecule has 1 aliphatic rings. The second-order valence-electron chi connectivity index (χ2n) is 4.65. The van der Waals surface area contributed by atoms with Gasteiger partial charge in [0.1, 0.15) is 0 Å². The van der Waals surface area contributed by atoms with Crippen molar-refractivity contribution in [3.63, 3.8) is 0 Å². The van der Waals surface area contributed by atoms with Crippen LogP contribution in [0.3, 0.4) is 0 Å². The number of hydrogen-bond donors (Lipinski definition) is 0. The summed E-state index contributed by atoms with van der Waals surface area (Å²) >= 11 is 0. The molecule has 1 fully saturated rings. The van der Waals surface area contributed by atoms with E-state index in [4.69, 9.17) is 0 Å². The van der Waals surface area contributed by atoms with Gasteiger partial charge in [0.05, 0.1) is 17.7 Å². The first kappa shape index (κ1) is 10.2. The molecule has 80 valence electrons. The number of nitriles is 1. The summed E-state index contributed by atoms with van der Waals surface area (Å²) in [6, 6.07) is 2.54. The van der Waals surface area contributed by atoms with E-state index in [1.165, 1.54) is 24.8 Å². The highest BCUT2D eigenvalue weighted by molar-refractivity contribution is 5.13. The van der Waals surface area contributed by atoms with Gasteiger partial charge in [0.15, 0.2) is 0 Å². The molecule has 0 N–H and O–H groups in total. The monoisotopic (exact) mass is 203 g/mol. The maximum atomic E-state index is 9.33. The lowest BCUT2D eigenvalue weighted by Gasteiger charge is -2.30. The largest absolute Gasteiger partial charge is 0.276 e. The summed E-state index contributed by atoms with van der Waals surface area (Å²) in [4.78, 5) is 0. The first-order valence-corrected chi connectivity index (χ1v) is 5.63. The number of aryl methyl sites for hydroxylation is 1. The molecular weight excluding hydrogens is 186 g/mol. The molecule has 1 heterocycles. The summed E-state index contributed by atoms with van der Waals surface area (Å²) in [5, 5.41) is 13.5. The predicted molar refractivity (Wildman–Crippen MR) is 58.0 cm³/mol. The van der Waals surface area contributed by atoms with Gasteiger partial charge in [-0.2, -0.15) is 10.4 Å². The van der Waals surface area contributed by atoms with Crippen LogP contribution >= 0.6 is 0 Å². The van der Waals surface area contributed by atoms with Crippen LogP contribution < -0.4 is 0 Å². The SMILES string of the molecule is Cn1cc(CC2(C#N)CCCCC2)cn1. The fourth-order valence-corrected chi connectivity index (χ4v) is 2.51. The standard InChI is InChI=1S/C12H17N3/c1-15-9-11(8-14-15)7-12(10-13)5-3-2-4-6-12/h8-9H,2-7H2,1H3. The number of aromatic nitrogens is 2. The van der Waals surface area contributed by atoms with Gasteiger partial charge in [0.25, 0.3) is 0 Å². The molecule has 15 heavy (non-hydrogen) atoms. The van der Waals surface area contributed by atoms with E-state index >= 15 is 0 Å². The Morgan fingerprint density at radius 3 is 2.73 bits per heavy atom. The maximum Gasteiger partial charge on any atom is 0.0693 e. The molecule has 0 aliphatic heterocycles. The number of nitrogens with zero attached hydrogens (tertiary/aromatic N) is 3. The average Bonchev–Trinajstić information content (AvgIpc) is 2.65. The van der Waals surface area contributed by atoms with E-state index in [1.807, 2.05) is 24.1 Å². The molecule has 0 saturated heterocycles. The summed E-state index contributed by atoms with van der Waals surface area (Å²) in [5.74, 6) is 0. The van der Waals surface area contributed by atoms with Crippen LogP contribution in [0, 0.1) is 16.7 Å². The fourth-order valence-electron chi connectivity index (χ4n) is 2.51. The Kier molecular flexibility index (Phi) is 2.77.